The first-order valence-corrected chi connectivity index (χ1v) is 9.58. The topological polar surface area (TPSA) is 53.5 Å². The molecule has 7 heteroatoms. The predicted octanol–water partition coefficient (Wildman–Crippen LogP) is 2.31. The van der Waals surface area contributed by atoms with Gasteiger partial charge in [-0.1, -0.05) is 0 Å². The van der Waals surface area contributed by atoms with Gasteiger partial charge in [-0.25, -0.2) is 9.37 Å². The van der Waals surface area contributed by atoms with Gasteiger partial charge in [0.05, 0.1) is 24.9 Å². The lowest BCUT2D eigenvalue weighted by Gasteiger charge is -2.37. The monoisotopic (exact) mass is 371 g/mol. The second-order valence-corrected chi connectivity index (χ2v) is 7.28. The summed E-state index contributed by atoms with van der Waals surface area (Å²) in [6, 6.07) is 9.08. The van der Waals surface area contributed by atoms with Crippen molar-refractivity contribution in [2.45, 2.75) is 25.9 Å². The van der Waals surface area contributed by atoms with Gasteiger partial charge in [-0.15, -0.1) is 0 Å². The van der Waals surface area contributed by atoms with E-state index in [2.05, 4.69) is 29.0 Å². The van der Waals surface area contributed by atoms with Crippen molar-refractivity contribution in [2.24, 2.45) is 0 Å². The number of hydrogen-bond donors (Lipinski definition) is 1. The minimum atomic E-state index is -0.245. The van der Waals surface area contributed by atoms with Crippen LogP contribution >= 0.6 is 0 Å². The van der Waals surface area contributed by atoms with Crippen molar-refractivity contribution < 1.29 is 9.13 Å². The van der Waals surface area contributed by atoms with Gasteiger partial charge in [0.1, 0.15) is 11.6 Å². The summed E-state index contributed by atoms with van der Waals surface area (Å²) >= 11 is 0. The number of anilines is 2. The second kappa shape index (κ2) is 7.78. The molecule has 0 saturated carbocycles. The molecule has 144 valence electrons. The SMILES string of the molecule is C[C@@H]1CNCCN1c1cc(-c2ccc(F)cc2)nc(N2CCOC[C@H]2C)n1. The first-order valence-electron chi connectivity index (χ1n) is 9.58. The van der Waals surface area contributed by atoms with Crippen LogP contribution < -0.4 is 15.1 Å². The van der Waals surface area contributed by atoms with Crippen molar-refractivity contribution in [2.75, 3.05) is 49.2 Å². The highest BCUT2D eigenvalue weighted by Gasteiger charge is 2.25. The van der Waals surface area contributed by atoms with Crippen molar-refractivity contribution in [3.8, 4) is 11.3 Å². The number of benzene rings is 1. The molecule has 0 bridgehead atoms. The lowest BCUT2D eigenvalue weighted by molar-refractivity contribution is 0.0981. The fourth-order valence-electron chi connectivity index (χ4n) is 3.67. The Morgan fingerprint density at radius 3 is 2.63 bits per heavy atom. The third kappa shape index (κ3) is 3.89. The molecule has 0 spiro atoms. The molecule has 0 unspecified atom stereocenters. The van der Waals surface area contributed by atoms with Gasteiger partial charge < -0.3 is 19.9 Å². The van der Waals surface area contributed by atoms with Gasteiger partial charge in [0.15, 0.2) is 0 Å². The molecule has 1 aromatic heterocycles. The summed E-state index contributed by atoms with van der Waals surface area (Å²) in [5.74, 6) is 1.39. The van der Waals surface area contributed by atoms with Crippen LogP contribution in [0.4, 0.5) is 16.2 Å². The molecule has 6 nitrogen and oxygen atoms in total. The van der Waals surface area contributed by atoms with Crippen LogP contribution in [0.15, 0.2) is 30.3 Å². The third-order valence-electron chi connectivity index (χ3n) is 5.26. The smallest absolute Gasteiger partial charge is 0.228 e. The Morgan fingerprint density at radius 2 is 1.89 bits per heavy atom. The van der Waals surface area contributed by atoms with Gasteiger partial charge in [0.25, 0.3) is 0 Å². The predicted molar refractivity (Wildman–Crippen MR) is 105 cm³/mol. The van der Waals surface area contributed by atoms with Crippen LogP contribution in [0, 0.1) is 5.82 Å². The Kier molecular flexibility index (Phi) is 5.22. The third-order valence-corrected chi connectivity index (χ3v) is 5.26. The molecular weight excluding hydrogens is 345 g/mol. The highest BCUT2D eigenvalue weighted by atomic mass is 19.1. The number of nitrogens with one attached hydrogen (secondary N) is 1. The van der Waals surface area contributed by atoms with Crippen LogP contribution in [0.1, 0.15) is 13.8 Å². The molecule has 3 heterocycles. The van der Waals surface area contributed by atoms with Crippen LogP contribution in [0.25, 0.3) is 11.3 Å². The number of morpholine rings is 1. The number of ether oxygens (including phenoxy) is 1. The molecule has 0 aliphatic carbocycles. The molecule has 2 atom stereocenters. The lowest BCUT2D eigenvalue weighted by Crippen LogP contribution is -2.50. The molecule has 0 amide bonds. The van der Waals surface area contributed by atoms with E-state index in [1.807, 2.05) is 6.07 Å². The van der Waals surface area contributed by atoms with Gasteiger partial charge >= 0.3 is 0 Å². The second-order valence-electron chi connectivity index (χ2n) is 7.28. The first kappa shape index (κ1) is 18.1. The summed E-state index contributed by atoms with van der Waals surface area (Å²) in [7, 11) is 0. The standard InChI is InChI=1S/C20H26FN5O/c1-14-12-22-7-8-25(14)19-11-18(16-3-5-17(21)6-4-16)23-20(24-19)26-9-10-27-13-15(26)2/h3-6,11,14-15,22H,7-10,12-13H2,1-2H3/t14-,15-/m1/s1. The fraction of sp³-hybridized carbons (Fsp3) is 0.500. The van der Waals surface area contributed by atoms with Gasteiger partial charge in [0.2, 0.25) is 5.95 Å². The van der Waals surface area contributed by atoms with Crippen molar-refractivity contribution in [1.29, 1.82) is 0 Å². The molecule has 0 radical (unpaired) electrons. The van der Waals surface area contributed by atoms with Gasteiger partial charge in [-0.3, -0.25) is 0 Å². The number of nitrogens with zero attached hydrogens (tertiary/aromatic N) is 4. The normalized spacial score (nSPS) is 23.5. The lowest BCUT2D eigenvalue weighted by atomic mass is 10.1. The Hall–Kier alpha value is -2.25. The van der Waals surface area contributed by atoms with Crippen molar-refractivity contribution in [1.82, 2.24) is 15.3 Å². The van der Waals surface area contributed by atoms with E-state index in [1.165, 1.54) is 12.1 Å². The number of aromatic nitrogens is 2. The molecule has 4 rings (SSSR count). The zero-order chi connectivity index (χ0) is 18.8. The molecule has 1 aromatic carbocycles. The summed E-state index contributed by atoms with van der Waals surface area (Å²) in [6.45, 7) is 9.20. The van der Waals surface area contributed by atoms with Gasteiger partial charge in [-0.2, -0.15) is 4.98 Å². The molecule has 2 saturated heterocycles. The van der Waals surface area contributed by atoms with Crippen molar-refractivity contribution in [3.63, 3.8) is 0 Å². The molecule has 2 fully saturated rings. The van der Waals surface area contributed by atoms with E-state index in [-0.39, 0.29) is 11.9 Å². The maximum absolute atomic E-state index is 13.4. The van der Waals surface area contributed by atoms with Crippen molar-refractivity contribution >= 4 is 11.8 Å². The largest absolute Gasteiger partial charge is 0.377 e. The maximum Gasteiger partial charge on any atom is 0.228 e. The van der Waals surface area contributed by atoms with E-state index in [1.54, 1.807) is 12.1 Å². The van der Waals surface area contributed by atoms with Crippen LogP contribution in [-0.2, 0) is 4.74 Å². The summed E-state index contributed by atoms with van der Waals surface area (Å²) in [5.41, 5.74) is 1.71. The number of rotatable bonds is 3. The minimum absolute atomic E-state index is 0.218. The average molecular weight is 371 g/mol. The average Bonchev–Trinajstić information content (AvgIpc) is 2.69. The molecule has 27 heavy (non-hydrogen) atoms. The zero-order valence-corrected chi connectivity index (χ0v) is 15.9. The zero-order valence-electron chi connectivity index (χ0n) is 15.9. The van der Waals surface area contributed by atoms with E-state index in [0.717, 1.165) is 43.3 Å². The van der Waals surface area contributed by atoms with Crippen LogP contribution in [0.5, 0.6) is 0 Å². The maximum atomic E-state index is 13.4. The minimum Gasteiger partial charge on any atom is -0.377 e. The molecular formula is C20H26FN5O. The van der Waals surface area contributed by atoms with Gasteiger partial charge in [-0.05, 0) is 38.1 Å². The van der Waals surface area contributed by atoms with Crippen LogP contribution in [0.3, 0.4) is 0 Å². The summed E-state index contributed by atoms with van der Waals surface area (Å²) in [4.78, 5) is 14.3. The summed E-state index contributed by atoms with van der Waals surface area (Å²) < 4.78 is 18.9. The van der Waals surface area contributed by atoms with E-state index in [9.17, 15) is 4.39 Å². The Morgan fingerprint density at radius 1 is 1.07 bits per heavy atom. The highest BCUT2D eigenvalue weighted by Crippen LogP contribution is 2.28. The van der Waals surface area contributed by atoms with E-state index in [4.69, 9.17) is 14.7 Å². The summed E-state index contributed by atoms with van der Waals surface area (Å²) in [5, 5.41) is 3.42. The van der Waals surface area contributed by atoms with Crippen molar-refractivity contribution in [3.05, 3.63) is 36.1 Å². The fourth-order valence-corrected chi connectivity index (χ4v) is 3.67. The molecule has 2 aromatic rings. The Bertz CT molecular complexity index is 744. The number of piperazine rings is 1. The quantitative estimate of drug-likeness (QED) is 0.894. The van der Waals surface area contributed by atoms with E-state index in [0.29, 0.717) is 25.2 Å². The Labute approximate surface area is 159 Å². The van der Waals surface area contributed by atoms with Crippen LogP contribution in [-0.4, -0.2) is 61.4 Å². The number of halogens is 1. The Balaban J connectivity index is 1.76. The van der Waals surface area contributed by atoms with Crippen LogP contribution in [0.2, 0.25) is 0 Å². The van der Waals surface area contributed by atoms with Gasteiger partial charge in [0, 0.05) is 43.9 Å². The van der Waals surface area contributed by atoms with E-state index >= 15 is 0 Å². The van der Waals surface area contributed by atoms with E-state index < -0.39 is 0 Å². The molecule has 1 N–H and O–H groups in total. The molecule has 2 aliphatic rings. The summed E-state index contributed by atoms with van der Waals surface area (Å²) in [6.07, 6.45) is 0. The molecule has 2 aliphatic heterocycles. The number of hydrogen-bond acceptors (Lipinski definition) is 6. The highest BCUT2D eigenvalue weighted by molar-refractivity contribution is 5.65. The first-order chi connectivity index (χ1) is 13.1.